The van der Waals surface area contributed by atoms with E-state index in [9.17, 15) is 0 Å². The fourth-order valence-electron chi connectivity index (χ4n) is 2.72. The Hall–Kier alpha value is 0. The summed E-state index contributed by atoms with van der Waals surface area (Å²) < 4.78 is 0. The van der Waals surface area contributed by atoms with Crippen molar-refractivity contribution in [2.45, 2.75) is 173 Å². The molecule has 0 rings (SSSR count). The zero-order valence-corrected chi connectivity index (χ0v) is 28.7. The highest BCUT2D eigenvalue weighted by atomic mass is 14.5. The first kappa shape index (κ1) is 40.2. The monoisotopic (exact) mass is 471 g/mol. The van der Waals surface area contributed by atoms with Crippen molar-refractivity contribution >= 4 is 0 Å². The van der Waals surface area contributed by atoms with Gasteiger partial charge < -0.3 is 0 Å². The average Bonchev–Trinajstić information content (AvgIpc) is 2.27. The molecule has 0 heteroatoms. The van der Waals surface area contributed by atoms with E-state index in [0.717, 1.165) is 0 Å². The van der Waals surface area contributed by atoms with Gasteiger partial charge in [0.25, 0.3) is 0 Å². The summed E-state index contributed by atoms with van der Waals surface area (Å²) in [5, 5.41) is 0. The molecule has 0 saturated carbocycles. The first-order valence-electron chi connectivity index (χ1n) is 13.5. The molecule has 0 N–H and O–H groups in total. The van der Waals surface area contributed by atoms with Gasteiger partial charge in [-0.25, -0.2) is 0 Å². The lowest BCUT2D eigenvalue weighted by atomic mass is 9.56. The van der Waals surface area contributed by atoms with Gasteiger partial charge in [0, 0.05) is 0 Å². The minimum absolute atomic E-state index is 0.375. The van der Waals surface area contributed by atoms with E-state index in [2.05, 4.69) is 166 Å². The molecule has 0 aliphatic heterocycles. The SMILES string of the molecule is CC(C)(C)C.CC(C)(C)C(C)(C)C.CC(C)(C)C(C)(C)C(C)(C)C.CC(C)(C)CC(C)(C)C. The Morgan fingerprint density at radius 2 is 0.424 bits per heavy atom. The first-order valence-corrected chi connectivity index (χ1v) is 13.5. The van der Waals surface area contributed by atoms with Gasteiger partial charge in [-0.2, -0.15) is 0 Å². The molecular weight excluding hydrogens is 396 g/mol. The summed E-state index contributed by atoms with van der Waals surface area (Å²) in [6.07, 6.45) is 1.29. The minimum atomic E-state index is 0.375. The fourth-order valence-corrected chi connectivity index (χ4v) is 2.72. The van der Waals surface area contributed by atoms with Crippen LogP contribution in [0.5, 0.6) is 0 Å². The Balaban J connectivity index is -0.000000176. The summed E-state index contributed by atoms with van der Waals surface area (Å²) in [4.78, 5) is 0. The Labute approximate surface area is 215 Å². The topological polar surface area (TPSA) is 0 Å². The molecule has 0 aliphatic rings. The van der Waals surface area contributed by atoms with Gasteiger partial charge in [0.05, 0.1) is 0 Å². The second kappa shape index (κ2) is 12.8. The lowest BCUT2D eigenvalue weighted by molar-refractivity contribution is 0.00575. The van der Waals surface area contributed by atoms with E-state index in [0.29, 0.717) is 43.3 Å². The van der Waals surface area contributed by atoms with Crippen LogP contribution >= 0.6 is 0 Å². The Morgan fingerprint density at radius 3 is 0.424 bits per heavy atom. The van der Waals surface area contributed by atoms with Gasteiger partial charge >= 0.3 is 0 Å². The number of hydrogen-bond acceptors (Lipinski definition) is 0. The van der Waals surface area contributed by atoms with Crippen molar-refractivity contribution in [3.63, 3.8) is 0 Å². The second-order valence-electron chi connectivity index (χ2n) is 18.9. The predicted molar refractivity (Wildman–Crippen MR) is 160 cm³/mol. The Morgan fingerprint density at radius 1 is 0.273 bits per heavy atom. The summed E-state index contributed by atoms with van der Waals surface area (Å²) in [5.74, 6) is 0. The molecule has 0 atom stereocenters. The molecule has 33 heavy (non-hydrogen) atoms. The lowest BCUT2D eigenvalue weighted by Crippen LogP contribution is -2.41. The summed E-state index contributed by atoms with van der Waals surface area (Å²) >= 11 is 0. The summed E-state index contributed by atoms with van der Waals surface area (Å²) in [6, 6.07) is 0. The molecular formula is C33H74. The van der Waals surface area contributed by atoms with Crippen LogP contribution in [-0.4, -0.2) is 0 Å². The van der Waals surface area contributed by atoms with Crippen molar-refractivity contribution in [1.29, 1.82) is 0 Å². The van der Waals surface area contributed by atoms with Crippen molar-refractivity contribution in [3.8, 4) is 0 Å². The molecule has 0 saturated heterocycles. The maximum absolute atomic E-state index is 2.35. The molecule has 0 amide bonds. The molecule has 0 spiro atoms. The van der Waals surface area contributed by atoms with Crippen LogP contribution in [0.25, 0.3) is 0 Å². The summed E-state index contributed by atoms with van der Waals surface area (Å²) in [7, 11) is 0. The zero-order valence-electron chi connectivity index (χ0n) is 28.7. The predicted octanol–water partition coefficient (Wildman–Crippen LogP) is 12.7. The maximum Gasteiger partial charge on any atom is -0.0257 e. The normalized spacial score (nSPS) is 14.2. The van der Waals surface area contributed by atoms with Gasteiger partial charge in [0.1, 0.15) is 0 Å². The zero-order chi connectivity index (χ0) is 28.7. The standard InChI is InChI=1S/C11H24.C9H20.C8H18.C5H12/c1-9(2,3)11(7,8)10(4,5)6;1-8(2,3)7-9(4,5)6;1-7(2,3)8(4,5)6;1-5(2,3)4/h1-8H3;7H2,1-6H3;1-6H3;1-4H3. The van der Waals surface area contributed by atoms with Gasteiger partial charge in [-0.3, -0.25) is 0 Å². The molecule has 0 nitrogen and oxygen atoms in total. The van der Waals surface area contributed by atoms with E-state index in [-0.39, 0.29) is 0 Å². The molecule has 206 valence electrons. The minimum Gasteiger partial charge on any atom is -0.0604 e. The molecule has 0 unspecified atom stereocenters. The first-order chi connectivity index (χ1) is 13.5. The van der Waals surface area contributed by atoms with Crippen LogP contribution < -0.4 is 0 Å². The van der Waals surface area contributed by atoms with Crippen LogP contribution in [0.3, 0.4) is 0 Å². The van der Waals surface area contributed by atoms with Crippen molar-refractivity contribution in [2.75, 3.05) is 0 Å². The van der Waals surface area contributed by atoms with Crippen molar-refractivity contribution in [3.05, 3.63) is 0 Å². The maximum atomic E-state index is 2.35. The van der Waals surface area contributed by atoms with Gasteiger partial charge in [-0.15, -0.1) is 0 Å². The van der Waals surface area contributed by atoms with E-state index >= 15 is 0 Å². The second-order valence-corrected chi connectivity index (χ2v) is 18.9. The highest BCUT2D eigenvalue weighted by molar-refractivity contribution is 4.91. The largest absolute Gasteiger partial charge is 0.0604 e. The number of rotatable bonds is 0. The molecule has 0 aromatic carbocycles. The Kier molecular flexibility index (Phi) is 15.6. The highest BCUT2D eigenvalue weighted by Gasteiger charge is 2.42. The van der Waals surface area contributed by atoms with Crippen LogP contribution in [0.1, 0.15) is 173 Å². The third-order valence-corrected chi connectivity index (χ3v) is 7.06. The van der Waals surface area contributed by atoms with E-state index < -0.39 is 0 Å². The van der Waals surface area contributed by atoms with E-state index in [1.165, 1.54) is 6.42 Å². The molecule has 0 fully saturated rings. The third kappa shape index (κ3) is 26.4. The van der Waals surface area contributed by atoms with E-state index in [1.807, 2.05) is 0 Å². The molecule has 0 radical (unpaired) electrons. The van der Waals surface area contributed by atoms with Crippen LogP contribution in [-0.2, 0) is 0 Å². The van der Waals surface area contributed by atoms with E-state index in [1.54, 1.807) is 0 Å². The molecule has 0 aromatic rings. The summed E-state index contributed by atoms with van der Waals surface area (Å²) in [6.45, 7) is 54.7. The van der Waals surface area contributed by atoms with Crippen LogP contribution in [0, 0.1) is 43.3 Å². The lowest BCUT2D eigenvalue weighted by Gasteiger charge is -2.49. The van der Waals surface area contributed by atoms with Gasteiger partial charge in [0.2, 0.25) is 0 Å². The summed E-state index contributed by atoms with van der Waals surface area (Å²) in [5.41, 5.74) is 3.48. The van der Waals surface area contributed by atoms with Gasteiger partial charge in [-0.05, 0) is 49.7 Å². The quantitative estimate of drug-likeness (QED) is 0.330. The van der Waals surface area contributed by atoms with Crippen LogP contribution in [0.15, 0.2) is 0 Å². The fraction of sp³-hybridized carbons (Fsp3) is 1.00. The molecule has 0 heterocycles. The molecule has 0 aromatic heterocycles. The van der Waals surface area contributed by atoms with Crippen LogP contribution in [0.4, 0.5) is 0 Å². The third-order valence-electron chi connectivity index (χ3n) is 7.06. The average molecular weight is 471 g/mol. The highest BCUT2D eigenvalue weighted by Crippen LogP contribution is 2.50. The number of hydrogen-bond donors (Lipinski definition) is 0. The van der Waals surface area contributed by atoms with Gasteiger partial charge in [0.15, 0.2) is 0 Å². The van der Waals surface area contributed by atoms with Crippen LogP contribution in [0.2, 0.25) is 0 Å². The molecule has 0 aliphatic carbocycles. The van der Waals surface area contributed by atoms with E-state index in [4.69, 9.17) is 0 Å². The van der Waals surface area contributed by atoms with Crippen molar-refractivity contribution < 1.29 is 0 Å². The van der Waals surface area contributed by atoms with Crippen molar-refractivity contribution in [1.82, 2.24) is 0 Å². The van der Waals surface area contributed by atoms with Crippen molar-refractivity contribution in [2.24, 2.45) is 43.3 Å². The Bertz CT molecular complexity index is 434. The molecule has 0 bridgehead atoms. The van der Waals surface area contributed by atoms with Gasteiger partial charge in [-0.1, -0.05) is 166 Å². The smallest absolute Gasteiger partial charge is 0.0257 e.